The molecule has 1 heterocycles. The summed E-state index contributed by atoms with van der Waals surface area (Å²) >= 11 is 0. The van der Waals surface area contributed by atoms with Crippen LogP contribution < -0.4 is 10.6 Å². The topological polar surface area (TPSA) is 49.6 Å². The number of hydrogen-bond acceptors (Lipinski definition) is 3. The van der Waals surface area contributed by atoms with E-state index >= 15 is 0 Å². The zero-order chi connectivity index (χ0) is 17.1. The monoisotopic (exact) mass is 363 g/mol. The maximum absolute atomic E-state index is 13.8. The van der Waals surface area contributed by atoms with Crippen molar-refractivity contribution in [3.05, 3.63) is 59.4 Å². The second-order valence-electron chi connectivity index (χ2n) is 6.21. The number of nitrogen functional groups attached to an aromatic ring is 1. The fourth-order valence-electron chi connectivity index (χ4n) is 3.15. The molecule has 0 atom stereocenters. The summed E-state index contributed by atoms with van der Waals surface area (Å²) in [4.78, 5) is 16.2. The first-order chi connectivity index (χ1) is 11.6. The van der Waals surface area contributed by atoms with Gasteiger partial charge in [0.05, 0.1) is 6.54 Å². The molecule has 1 amide bonds. The number of nitrogens with two attached hydrogens (primary N) is 1. The minimum absolute atomic E-state index is 0. The maximum atomic E-state index is 13.8. The predicted molar refractivity (Wildman–Crippen MR) is 102 cm³/mol. The Balaban J connectivity index is 0.00000225. The SMILES string of the molecule is CN(Cc1ccccc1F)C(=O)CN1CCCc2c(N)cccc21.Cl. The molecule has 0 spiro atoms. The molecule has 3 rings (SSSR count). The largest absolute Gasteiger partial charge is 0.398 e. The smallest absolute Gasteiger partial charge is 0.242 e. The lowest BCUT2D eigenvalue weighted by molar-refractivity contribution is -0.129. The molecular weight excluding hydrogens is 341 g/mol. The van der Waals surface area contributed by atoms with Gasteiger partial charge in [0.15, 0.2) is 0 Å². The second-order valence-corrected chi connectivity index (χ2v) is 6.21. The van der Waals surface area contributed by atoms with Crippen LogP contribution in [0.15, 0.2) is 42.5 Å². The van der Waals surface area contributed by atoms with Crippen molar-refractivity contribution in [2.24, 2.45) is 0 Å². The van der Waals surface area contributed by atoms with Crippen LogP contribution in [0.1, 0.15) is 17.5 Å². The normalized spacial score (nSPS) is 13.0. The first-order valence-corrected chi connectivity index (χ1v) is 8.16. The van der Waals surface area contributed by atoms with Gasteiger partial charge in [0.2, 0.25) is 5.91 Å². The van der Waals surface area contributed by atoms with Crippen LogP contribution in [0.2, 0.25) is 0 Å². The Kier molecular flexibility index (Phi) is 6.26. The third kappa shape index (κ3) is 4.23. The van der Waals surface area contributed by atoms with Crippen molar-refractivity contribution in [2.75, 3.05) is 30.8 Å². The summed E-state index contributed by atoms with van der Waals surface area (Å²) in [5.41, 5.74) is 9.51. The average Bonchev–Trinajstić information content (AvgIpc) is 2.58. The number of rotatable bonds is 4. The Morgan fingerprint density at radius 3 is 2.76 bits per heavy atom. The van der Waals surface area contributed by atoms with Crippen molar-refractivity contribution >= 4 is 29.7 Å². The summed E-state index contributed by atoms with van der Waals surface area (Å²) in [5.74, 6) is -0.318. The molecule has 0 saturated heterocycles. The summed E-state index contributed by atoms with van der Waals surface area (Å²) in [7, 11) is 1.71. The number of halogens is 2. The van der Waals surface area contributed by atoms with Gasteiger partial charge in [-0.1, -0.05) is 24.3 Å². The van der Waals surface area contributed by atoms with Crippen LogP contribution in [0, 0.1) is 5.82 Å². The van der Waals surface area contributed by atoms with E-state index in [0.717, 1.165) is 36.3 Å². The van der Waals surface area contributed by atoms with E-state index in [-0.39, 0.29) is 37.2 Å². The van der Waals surface area contributed by atoms with E-state index in [9.17, 15) is 9.18 Å². The number of benzene rings is 2. The van der Waals surface area contributed by atoms with Gasteiger partial charge in [-0.15, -0.1) is 12.4 Å². The van der Waals surface area contributed by atoms with Gasteiger partial charge >= 0.3 is 0 Å². The van der Waals surface area contributed by atoms with Crippen LogP contribution in [0.3, 0.4) is 0 Å². The molecule has 4 nitrogen and oxygen atoms in total. The Morgan fingerprint density at radius 2 is 2.00 bits per heavy atom. The van der Waals surface area contributed by atoms with Gasteiger partial charge in [0.25, 0.3) is 0 Å². The zero-order valence-electron chi connectivity index (χ0n) is 14.2. The van der Waals surface area contributed by atoms with E-state index in [4.69, 9.17) is 5.73 Å². The Hall–Kier alpha value is -2.27. The third-order valence-electron chi connectivity index (χ3n) is 4.50. The molecular formula is C19H23ClFN3O. The lowest BCUT2D eigenvalue weighted by atomic mass is 10.00. The molecule has 25 heavy (non-hydrogen) atoms. The van der Waals surface area contributed by atoms with Gasteiger partial charge in [0, 0.05) is 37.1 Å². The number of anilines is 2. The zero-order valence-corrected chi connectivity index (χ0v) is 15.1. The summed E-state index contributed by atoms with van der Waals surface area (Å²) in [6.45, 7) is 1.38. The molecule has 2 aromatic rings. The fourth-order valence-corrected chi connectivity index (χ4v) is 3.15. The molecule has 0 radical (unpaired) electrons. The standard InChI is InChI=1S/C19H22FN3O.ClH/c1-22(12-14-6-2-3-8-16(14)20)19(24)13-23-11-5-7-15-17(21)9-4-10-18(15)23;/h2-4,6,8-10H,5,7,11-13,21H2,1H3;1H. The van der Waals surface area contributed by atoms with Gasteiger partial charge in [-0.2, -0.15) is 0 Å². The van der Waals surface area contributed by atoms with Gasteiger partial charge in [0.1, 0.15) is 5.82 Å². The van der Waals surface area contributed by atoms with Crippen LogP contribution >= 0.6 is 12.4 Å². The molecule has 0 aliphatic carbocycles. The molecule has 0 bridgehead atoms. The fraction of sp³-hybridized carbons (Fsp3) is 0.316. The third-order valence-corrected chi connectivity index (χ3v) is 4.50. The van der Waals surface area contributed by atoms with E-state index in [2.05, 4.69) is 4.90 Å². The van der Waals surface area contributed by atoms with Crippen LogP contribution in [-0.2, 0) is 17.8 Å². The van der Waals surface area contributed by atoms with Crippen molar-refractivity contribution in [3.8, 4) is 0 Å². The van der Waals surface area contributed by atoms with Gasteiger partial charge in [-0.25, -0.2) is 4.39 Å². The van der Waals surface area contributed by atoms with E-state index in [1.165, 1.54) is 6.07 Å². The molecule has 6 heteroatoms. The highest BCUT2D eigenvalue weighted by Gasteiger charge is 2.22. The minimum Gasteiger partial charge on any atom is -0.398 e. The number of amides is 1. The van der Waals surface area contributed by atoms with E-state index < -0.39 is 0 Å². The highest BCUT2D eigenvalue weighted by atomic mass is 35.5. The second kappa shape index (κ2) is 8.21. The minimum atomic E-state index is -0.284. The van der Waals surface area contributed by atoms with Crippen molar-refractivity contribution in [1.29, 1.82) is 0 Å². The highest BCUT2D eigenvalue weighted by Crippen LogP contribution is 2.31. The van der Waals surface area contributed by atoms with Crippen LogP contribution in [0.25, 0.3) is 0 Å². The number of likely N-dealkylation sites (N-methyl/N-ethyl adjacent to an activating group) is 1. The van der Waals surface area contributed by atoms with Crippen molar-refractivity contribution in [1.82, 2.24) is 4.90 Å². The predicted octanol–water partition coefficient (Wildman–Crippen LogP) is 3.24. The quantitative estimate of drug-likeness (QED) is 0.848. The number of fused-ring (bicyclic) bond motifs is 1. The summed E-state index contributed by atoms with van der Waals surface area (Å²) in [6.07, 6.45) is 1.92. The average molecular weight is 364 g/mol. The molecule has 0 fully saturated rings. The Labute approximate surface area is 153 Å². The molecule has 2 aromatic carbocycles. The van der Waals surface area contributed by atoms with E-state index in [1.807, 2.05) is 18.2 Å². The van der Waals surface area contributed by atoms with Gasteiger partial charge in [-0.3, -0.25) is 4.79 Å². The number of nitrogens with zero attached hydrogens (tertiary/aromatic N) is 2. The lowest BCUT2D eigenvalue weighted by Gasteiger charge is -2.32. The molecule has 134 valence electrons. The summed E-state index contributed by atoms with van der Waals surface area (Å²) in [6, 6.07) is 12.4. The summed E-state index contributed by atoms with van der Waals surface area (Å²) < 4.78 is 13.8. The maximum Gasteiger partial charge on any atom is 0.242 e. The van der Waals surface area contributed by atoms with Crippen LogP contribution in [0.4, 0.5) is 15.8 Å². The van der Waals surface area contributed by atoms with Gasteiger partial charge in [-0.05, 0) is 36.6 Å². The van der Waals surface area contributed by atoms with Crippen molar-refractivity contribution in [2.45, 2.75) is 19.4 Å². The summed E-state index contributed by atoms with van der Waals surface area (Å²) in [5, 5.41) is 0. The van der Waals surface area contributed by atoms with E-state index in [1.54, 1.807) is 30.1 Å². The van der Waals surface area contributed by atoms with Crippen molar-refractivity contribution in [3.63, 3.8) is 0 Å². The molecule has 0 aromatic heterocycles. The van der Waals surface area contributed by atoms with Crippen LogP contribution in [0.5, 0.6) is 0 Å². The van der Waals surface area contributed by atoms with Crippen molar-refractivity contribution < 1.29 is 9.18 Å². The highest BCUT2D eigenvalue weighted by molar-refractivity contribution is 5.85. The Bertz CT molecular complexity index is 753. The first kappa shape index (κ1) is 19.1. The number of hydrogen-bond donors (Lipinski definition) is 1. The number of carbonyl (C=O) groups excluding carboxylic acids is 1. The number of carbonyl (C=O) groups is 1. The Morgan fingerprint density at radius 1 is 1.24 bits per heavy atom. The molecule has 0 unspecified atom stereocenters. The molecule has 2 N–H and O–H groups in total. The molecule has 1 aliphatic heterocycles. The molecule has 0 saturated carbocycles. The van der Waals surface area contributed by atoms with Crippen LogP contribution in [-0.4, -0.2) is 30.9 Å². The first-order valence-electron chi connectivity index (χ1n) is 8.16. The lowest BCUT2D eigenvalue weighted by Crippen LogP contribution is -2.40. The molecule has 1 aliphatic rings. The van der Waals surface area contributed by atoms with E-state index in [0.29, 0.717) is 5.56 Å². The van der Waals surface area contributed by atoms with Gasteiger partial charge < -0.3 is 15.5 Å².